The molecule has 0 fully saturated rings. The smallest absolute Gasteiger partial charge is 0.344 e. The van der Waals surface area contributed by atoms with Crippen LogP contribution in [-0.4, -0.2) is 40.0 Å². The molecule has 1 aliphatic rings. The number of ether oxygens (including phenoxy) is 2. The van der Waals surface area contributed by atoms with Crippen LogP contribution in [0.1, 0.15) is 11.1 Å². The number of rotatable bonds is 6. The van der Waals surface area contributed by atoms with Gasteiger partial charge in [0, 0.05) is 5.56 Å². The third-order valence-corrected chi connectivity index (χ3v) is 5.03. The van der Waals surface area contributed by atoms with Crippen molar-refractivity contribution in [2.75, 3.05) is 19.8 Å². The average molecular weight is 374 g/mol. The van der Waals surface area contributed by atoms with Crippen molar-refractivity contribution in [2.45, 2.75) is 11.8 Å². The summed E-state index contributed by atoms with van der Waals surface area (Å²) in [7, 11) is -3.56. The van der Waals surface area contributed by atoms with E-state index in [4.69, 9.17) is 9.47 Å². The first-order valence-corrected chi connectivity index (χ1v) is 9.46. The summed E-state index contributed by atoms with van der Waals surface area (Å²) < 4.78 is 36.7. The van der Waals surface area contributed by atoms with Gasteiger partial charge in [-0.1, -0.05) is 24.3 Å². The summed E-state index contributed by atoms with van der Waals surface area (Å²) in [5.41, 5.74) is 1.55. The van der Waals surface area contributed by atoms with Crippen LogP contribution in [-0.2, 0) is 19.6 Å². The molecule has 2 aromatic carbocycles. The van der Waals surface area contributed by atoms with Crippen LogP contribution in [0.4, 0.5) is 0 Å². The van der Waals surface area contributed by atoms with Crippen LogP contribution in [0.3, 0.4) is 0 Å². The SMILES string of the molecule is Cc1cccc(OCC(=O)OCCN=C2NS(=O)(=O)c3ccccc32)c1. The van der Waals surface area contributed by atoms with Gasteiger partial charge in [0.1, 0.15) is 18.2 Å². The van der Waals surface area contributed by atoms with E-state index in [0.29, 0.717) is 11.3 Å². The van der Waals surface area contributed by atoms with E-state index < -0.39 is 16.0 Å². The van der Waals surface area contributed by atoms with Gasteiger partial charge in [-0.3, -0.25) is 9.71 Å². The van der Waals surface area contributed by atoms with Crippen LogP contribution in [0.15, 0.2) is 58.4 Å². The van der Waals surface area contributed by atoms with Crippen molar-refractivity contribution >= 4 is 21.8 Å². The van der Waals surface area contributed by atoms with Gasteiger partial charge in [0.25, 0.3) is 10.0 Å². The molecule has 0 radical (unpaired) electrons. The van der Waals surface area contributed by atoms with Crippen LogP contribution >= 0.6 is 0 Å². The van der Waals surface area contributed by atoms with Gasteiger partial charge in [-0.15, -0.1) is 0 Å². The number of fused-ring (bicyclic) bond motifs is 1. The molecule has 0 amide bonds. The molecule has 0 atom stereocenters. The Kier molecular flexibility index (Phi) is 5.22. The molecule has 3 rings (SSSR count). The number of benzene rings is 2. The largest absolute Gasteiger partial charge is 0.482 e. The van der Waals surface area contributed by atoms with Crippen LogP contribution in [0.5, 0.6) is 5.75 Å². The molecular formula is C18H18N2O5S. The quantitative estimate of drug-likeness (QED) is 0.613. The zero-order chi connectivity index (χ0) is 18.6. The summed E-state index contributed by atoms with van der Waals surface area (Å²) >= 11 is 0. The first-order chi connectivity index (χ1) is 12.5. The Balaban J connectivity index is 1.48. The second kappa shape index (κ2) is 7.57. The fraction of sp³-hybridized carbons (Fsp3) is 0.222. The average Bonchev–Trinajstić information content (AvgIpc) is 2.88. The third-order valence-electron chi connectivity index (χ3n) is 3.63. The molecule has 0 saturated carbocycles. The van der Waals surface area contributed by atoms with Crippen molar-refractivity contribution in [3.05, 3.63) is 59.7 Å². The predicted octanol–water partition coefficient (Wildman–Crippen LogP) is 1.66. The fourth-order valence-electron chi connectivity index (χ4n) is 2.46. The summed E-state index contributed by atoms with van der Waals surface area (Å²) in [4.78, 5) is 16.1. The van der Waals surface area contributed by atoms with Crippen LogP contribution < -0.4 is 9.46 Å². The molecule has 0 unspecified atom stereocenters. The number of carbonyl (C=O) groups excluding carboxylic acids is 1. The van der Waals surface area contributed by atoms with E-state index in [1.165, 1.54) is 6.07 Å². The molecule has 8 heteroatoms. The van der Waals surface area contributed by atoms with Crippen molar-refractivity contribution in [2.24, 2.45) is 4.99 Å². The van der Waals surface area contributed by atoms with Crippen molar-refractivity contribution < 1.29 is 22.7 Å². The molecule has 1 N–H and O–H groups in total. The summed E-state index contributed by atoms with van der Waals surface area (Å²) in [6, 6.07) is 13.9. The molecule has 26 heavy (non-hydrogen) atoms. The first kappa shape index (κ1) is 17.9. The maximum absolute atomic E-state index is 12.0. The Morgan fingerprint density at radius 1 is 1.15 bits per heavy atom. The van der Waals surface area contributed by atoms with Crippen molar-refractivity contribution in [3.8, 4) is 5.75 Å². The number of aryl methyl sites for hydroxylation is 1. The van der Waals surface area contributed by atoms with Gasteiger partial charge in [-0.2, -0.15) is 0 Å². The number of esters is 1. The Morgan fingerprint density at radius 3 is 2.77 bits per heavy atom. The standard InChI is InChI=1S/C18H18N2O5S/c1-13-5-4-6-14(11-13)25-12-17(21)24-10-9-19-18-15-7-2-3-8-16(15)26(22,23)20-18/h2-8,11H,9-10,12H2,1H3,(H,19,20). The van der Waals surface area contributed by atoms with E-state index in [0.717, 1.165) is 5.56 Å². The molecular weight excluding hydrogens is 356 g/mol. The van der Waals surface area contributed by atoms with Crippen LogP contribution in [0, 0.1) is 6.92 Å². The number of nitrogens with zero attached hydrogens (tertiary/aromatic N) is 1. The van der Waals surface area contributed by atoms with E-state index in [9.17, 15) is 13.2 Å². The minimum absolute atomic E-state index is 0.0312. The van der Waals surface area contributed by atoms with Crippen LogP contribution in [0.25, 0.3) is 0 Å². The highest BCUT2D eigenvalue weighted by molar-refractivity contribution is 7.90. The van der Waals surface area contributed by atoms with Gasteiger partial charge in [0.05, 0.1) is 11.4 Å². The number of hydrogen-bond acceptors (Lipinski definition) is 6. The summed E-state index contributed by atoms with van der Waals surface area (Å²) in [6.45, 7) is 1.90. The second-order valence-electron chi connectivity index (χ2n) is 5.66. The van der Waals surface area contributed by atoms with Gasteiger partial charge < -0.3 is 9.47 Å². The molecule has 1 heterocycles. The monoisotopic (exact) mass is 374 g/mol. The second-order valence-corrected chi connectivity index (χ2v) is 7.31. The predicted molar refractivity (Wildman–Crippen MR) is 95.8 cm³/mol. The lowest BCUT2D eigenvalue weighted by molar-refractivity contribution is -0.145. The van der Waals surface area contributed by atoms with Gasteiger partial charge in [0.2, 0.25) is 0 Å². The lowest BCUT2D eigenvalue weighted by Gasteiger charge is -2.07. The van der Waals surface area contributed by atoms with E-state index in [2.05, 4.69) is 9.71 Å². The number of aliphatic imine (C=N–C) groups is 1. The van der Waals surface area contributed by atoms with Gasteiger partial charge in [0.15, 0.2) is 6.61 Å². The molecule has 0 spiro atoms. The van der Waals surface area contributed by atoms with E-state index in [1.54, 1.807) is 24.3 Å². The minimum atomic E-state index is -3.56. The fourth-order valence-corrected chi connectivity index (χ4v) is 3.71. The lowest BCUT2D eigenvalue weighted by Crippen LogP contribution is -2.23. The highest BCUT2D eigenvalue weighted by atomic mass is 32.2. The molecule has 1 aliphatic heterocycles. The Labute approximate surface area is 151 Å². The molecule has 7 nitrogen and oxygen atoms in total. The number of carbonyl (C=O) groups is 1. The third kappa shape index (κ3) is 4.20. The van der Waals surface area contributed by atoms with E-state index in [-0.39, 0.29) is 30.5 Å². The summed E-state index contributed by atoms with van der Waals surface area (Å²) in [5.74, 6) is 0.339. The minimum Gasteiger partial charge on any atom is -0.482 e. The van der Waals surface area contributed by atoms with Crippen LogP contribution in [0.2, 0.25) is 0 Å². The number of hydrogen-bond donors (Lipinski definition) is 1. The number of amidine groups is 1. The van der Waals surface area contributed by atoms with Gasteiger partial charge >= 0.3 is 5.97 Å². The molecule has 0 aromatic heterocycles. The molecule has 136 valence electrons. The Bertz CT molecular complexity index is 954. The van der Waals surface area contributed by atoms with Crippen molar-refractivity contribution in [3.63, 3.8) is 0 Å². The lowest BCUT2D eigenvalue weighted by atomic mass is 10.2. The topological polar surface area (TPSA) is 94.1 Å². The highest BCUT2D eigenvalue weighted by Crippen LogP contribution is 2.22. The van der Waals surface area contributed by atoms with E-state index >= 15 is 0 Å². The summed E-state index contributed by atoms with van der Waals surface area (Å²) in [6.07, 6.45) is 0. The van der Waals surface area contributed by atoms with Gasteiger partial charge in [-0.25, -0.2) is 13.2 Å². The maximum Gasteiger partial charge on any atom is 0.344 e. The molecule has 0 aliphatic carbocycles. The van der Waals surface area contributed by atoms with Gasteiger partial charge in [-0.05, 0) is 36.8 Å². The maximum atomic E-state index is 12.0. The normalized spacial score (nSPS) is 16.0. The number of sulfonamides is 1. The highest BCUT2D eigenvalue weighted by Gasteiger charge is 2.29. The van der Waals surface area contributed by atoms with Crippen molar-refractivity contribution in [1.82, 2.24) is 4.72 Å². The number of nitrogens with one attached hydrogen (secondary N) is 1. The molecule has 0 saturated heterocycles. The first-order valence-electron chi connectivity index (χ1n) is 7.97. The van der Waals surface area contributed by atoms with Crippen molar-refractivity contribution in [1.29, 1.82) is 0 Å². The van der Waals surface area contributed by atoms with E-state index in [1.807, 2.05) is 25.1 Å². The Morgan fingerprint density at radius 2 is 1.96 bits per heavy atom. The Hall–Kier alpha value is -2.87. The molecule has 2 aromatic rings. The zero-order valence-electron chi connectivity index (χ0n) is 14.1. The summed E-state index contributed by atoms with van der Waals surface area (Å²) in [5, 5.41) is 0. The zero-order valence-corrected chi connectivity index (χ0v) is 15.0. The molecule has 0 bridgehead atoms.